The largest absolute Gasteiger partial charge is 0.481 e. The molecule has 2 saturated carbocycles. The van der Waals surface area contributed by atoms with Crippen LogP contribution in [0.2, 0.25) is 5.02 Å². The molecular weight excluding hydrogens is 376 g/mol. The average Bonchev–Trinajstić information content (AvgIpc) is 3.06. The number of amides is 1. The van der Waals surface area contributed by atoms with Gasteiger partial charge in [-0.05, 0) is 61.6 Å². The zero-order chi connectivity index (χ0) is 19.6. The summed E-state index contributed by atoms with van der Waals surface area (Å²) < 4.78 is 0. The lowest BCUT2D eigenvalue weighted by Crippen LogP contribution is -2.65. The van der Waals surface area contributed by atoms with Crippen LogP contribution in [0, 0.1) is 11.3 Å². The minimum absolute atomic E-state index is 0.0479. The number of carboxylic acid groups (broad SMARTS) is 1. The number of aromatic amines is 1. The van der Waals surface area contributed by atoms with Crippen LogP contribution in [0.4, 0.5) is 0 Å². The summed E-state index contributed by atoms with van der Waals surface area (Å²) in [5, 5.41) is 11.5. The normalized spacial score (nSPS) is 32.1. The Labute approximate surface area is 169 Å². The maximum atomic E-state index is 13.3. The van der Waals surface area contributed by atoms with Gasteiger partial charge in [-0.1, -0.05) is 24.6 Å². The Morgan fingerprint density at radius 3 is 2.68 bits per heavy atom. The molecule has 2 aliphatic heterocycles. The number of benzene rings is 1. The molecule has 6 rings (SSSR count). The van der Waals surface area contributed by atoms with Gasteiger partial charge in [-0.3, -0.25) is 9.59 Å². The third-order valence-corrected chi connectivity index (χ3v) is 7.68. The van der Waals surface area contributed by atoms with Crippen molar-refractivity contribution in [2.24, 2.45) is 11.3 Å². The lowest BCUT2D eigenvalue weighted by Gasteiger charge is -2.60. The number of fused-ring (bicyclic) bond motifs is 1. The molecule has 4 bridgehead atoms. The molecule has 2 N–H and O–H groups in total. The number of rotatable bonds is 4. The first-order valence-corrected chi connectivity index (χ1v) is 10.6. The van der Waals surface area contributed by atoms with Gasteiger partial charge in [0, 0.05) is 35.6 Å². The number of hydrogen-bond donors (Lipinski definition) is 2. The molecule has 6 heteroatoms. The summed E-state index contributed by atoms with van der Waals surface area (Å²) in [6, 6.07) is 5.97. The topological polar surface area (TPSA) is 73.4 Å². The predicted molar refractivity (Wildman–Crippen MR) is 107 cm³/mol. The number of carboxylic acids is 1. The Bertz CT molecular complexity index is 952. The summed E-state index contributed by atoms with van der Waals surface area (Å²) in [6.07, 6.45) is 6.34. The highest BCUT2D eigenvalue weighted by Gasteiger charge is 2.58. The zero-order valence-electron chi connectivity index (χ0n) is 16.0. The summed E-state index contributed by atoms with van der Waals surface area (Å²) in [6.45, 7) is 2.07. The van der Waals surface area contributed by atoms with Gasteiger partial charge in [-0.15, -0.1) is 0 Å². The van der Waals surface area contributed by atoms with E-state index in [9.17, 15) is 14.7 Å². The molecule has 1 aromatic heterocycles. The van der Waals surface area contributed by atoms with Crippen molar-refractivity contribution < 1.29 is 14.7 Å². The van der Waals surface area contributed by atoms with E-state index in [1.54, 1.807) is 0 Å². The monoisotopic (exact) mass is 400 g/mol. The SMILES string of the molecule is CC(CC(=O)N1C2CC3CC1CC(C(=O)O)(C3)C2)c1c[nH]c2cccc(Cl)c12. The summed E-state index contributed by atoms with van der Waals surface area (Å²) >= 11 is 6.41. The lowest BCUT2D eigenvalue weighted by atomic mass is 9.55. The van der Waals surface area contributed by atoms with Crippen molar-refractivity contribution in [3.63, 3.8) is 0 Å². The Balaban J connectivity index is 1.37. The van der Waals surface area contributed by atoms with Gasteiger partial charge in [0.15, 0.2) is 0 Å². The Kier molecular flexibility index (Phi) is 4.02. The van der Waals surface area contributed by atoms with E-state index in [1.165, 1.54) is 0 Å². The van der Waals surface area contributed by atoms with Crippen LogP contribution in [-0.2, 0) is 9.59 Å². The highest BCUT2D eigenvalue weighted by molar-refractivity contribution is 6.35. The summed E-state index contributed by atoms with van der Waals surface area (Å²) in [7, 11) is 0. The summed E-state index contributed by atoms with van der Waals surface area (Å²) in [5.74, 6) is -0.00156. The van der Waals surface area contributed by atoms with Gasteiger partial charge >= 0.3 is 5.97 Å². The van der Waals surface area contributed by atoms with Gasteiger partial charge in [-0.25, -0.2) is 0 Å². The van der Waals surface area contributed by atoms with Crippen LogP contribution in [0.25, 0.3) is 10.9 Å². The molecule has 5 nitrogen and oxygen atoms in total. The van der Waals surface area contributed by atoms with E-state index >= 15 is 0 Å². The molecule has 3 heterocycles. The standard InChI is InChI=1S/C22H25ClN2O3/c1-12(16-11-24-18-4-2-3-17(23)20(16)18)5-19(26)25-14-6-13-7-15(25)10-22(8-13,9-14)21(27)28/h2-4,11-15,24H,5-10H2,1H3,(H,27,28). The number of hydrogen-bond acceptors (Lipinski definition) is 2. The second-order valence-electron chi connectivity index (χ2n) is 9.16. The molecule has 0 spiro atoms. The van der Waals surface area contributed by atoms with Gasteiger partial charge < -0.3 is 15.0 Å². The highest BCUT2D eigenvalue weighted by atomic mass is 35.5. The molecule has 1 amide bonds. The molecule has 2 saturated heterocycles. The second kappa shape index (κ2) is 6.24. The highest BCUT2D eigenvalue weighted by Crippen LogP contribution is 2.56. The Morgan fingerprint density at radius 1 is 1.29 bits per heavy atom. The van der Waals surface area contributed by atoms with Crippen molar-refractivity contribution in [3.05, 3.63) is 35.0 Å². The molecule has 4 aliphatic rings. The van der Waals surface area contributed by atoms with E-state index < -0.39 is 11.4 Å². The fourth-order valence-corrected chi connectivity index (χ4v) is 6.61. The first-order valence-electron chi connectivity index (χ1n) is 10.2. The first-order chi connectivity index (χ1) is 13.4. The van der Waals surface area contributed by atoms with Crippen LogP contribution >= 0.6 is 11.6 Å². The molecule has 1 aromatic carbocycles. The number of aromatic nitrogens is 1. The molecule has 3 unspecified atom stereocenters. The predicted octanol–water partition coefficient (Wildman–Crippen LogP) is 4.56. The number of nitrogens with zero attached hydrogens (tertiary/aromatic N) is 1. The molecule has 2 aromatic rings. The van der Waals surface area contributed by atoms with Crippen molar-refractivity contribution >= 4 is 34.4 Å². The number of carbonyl (C=O) groups excluding carboxylic acids is 1. The third kappa shape index (κ3) is 2.59. The fourth-order valence-electron chi connectivity index (χ4n) is 6.33. The minimum Gasteiger partial charge on any atom is -0.481 e. The molecule has 148 valence electrons. The molecular formula is C22H25ClN2O3. The quantitative estimate of drug-likeness (QED) is 0.790. The number of halogens is 1. The number of H-pyrrole nitrogens is 1. The van der Waals surface area contributed by atoms with Crippen molar-refractivity contribution in [2.75, 3.05) is 0 Å². The van der Waals surface area contributed by atoms with Gasteiger partial charge in [0.1, 0.15) is 0 Å². The number of aliphatic carboxylic acids is 1. The van der Waals surface area contributed by atoms with E-state index in [4.69, 9.17) is 11.6 Å². The molecule has 4 fully saturated rings. The van der Waals surface area contributed by atoms with E-state index in [0.29, 0.717) is 30.2 Å². The minimum atomic E-state index is -0.666. The zero-order valence-corrected chi connectivity index (χ0v) is 16.7. The molecule has 28 heavy (non-hydrogen) atoms. The van der Waals surface area contributed by atoms with Crippen molar-refractivity contribution in [3.8, 4) is 0 Å². The maximum Gasteiger partial charge on any atom is 0.309 e. The fraction of sp³-hybridized carbons (Fsp3) is 0.545. The van der Waals surface area contributed by atoms with Crippen LogP contribution in [0.5, 0.6) is 0 Å². The number of piperidine rings is 2. The van der Waals surface area contributed by atoms with Gasteiger partial charge in [0.2, 0.25) is 5.91 Å². The number of carbonyl (C=O) groups is 2. The van der Waals surface area contributed by atoms with Gasteiger partial charge in [0.25, 0.3) is 0 Å². The van der Waals surface area contributed by atoms with Gasteiger partial charge in [-0.2, -0.15) is 0 Å². The molecule has 0 radical (unpaired) electrons. The van der Waals surface area contributed by atoms with E-state index in [2.05, 4.69) is 11.9 Å². The van der Waals surface area contributed by atoms with Gasteiger partial charge in [0.05, 0.1) is 10.4 Å². The van der Waals surface area contributed by atoms with Crippen LogP contribution in [0.15, 0.2) is 24.4 Å². The van der Waals surface area contributed by atoms with E-state index in [0.717, 1.165) is 35.7 Å². The first kappa shape index (κ1) is 18.0. The summed E-state index contributed by atoms with van der Waals surface area (Å²) in [5.41, 5.74) is 1.46. The van der Waals surface area contributed by atoms with E-state index in [-0.39, 0.29) is 23.9 Å². The van der Waals surface area contributed by atoms with Crippen molar-refractivity contribution in [2.45, 2.75) is 63.5 Å². The maximum absolute atomic E-state index is 13.3. The number of nitrogens with one attached hydrogen (secondary N) is 1. The van der Waals surface area contributed by atoms with Crippen molar-refractivity contribution in [1.82, 2.24) is 9.88 Å². The van der Waals surface area contributed by atoms with Crippen LogP contribution < -0.4 is 0 Å². The van der Waals surface area contributed by atoms with Crippen LogP contribution in [-0.4, -0.2) is 39.0 Å². The molecule has 3 atom stereocenters. The Morgan fingerprint density at radius 2 is 2.00 bits per heavy atom. The third-order valence-electron chi connectivity index (χ3n) is 7.37. The van der Waals surface area contributed by atoms with Crippen LogP contribution in [0.3, 0.4) is 0 Å². The van der Waals surface area contributed by atoms with E-state index in [1.807, 2.05) is 29.3 Å². The van der Waals surface area contributed by atoms with Crippen molar-refractivity contribution in [1.29, 1.82) is 0 Å². The summed E-state index contributed by atoms with van der Waals surface area (Å²) in [4.78, 5) is 30.5. The average molecular weight is 401 g/mol. The second-order valence-corrected chi connectivity index (χ2v) is 9.56. The smallest absolute Gasteiger partial charge is 0.309 e. The Hall–Kier alpha value is -2.01. The van der Waals surface area contributed by atoms with Crippen LogP contribution in [0.1, 0.15) is 56.9 Å². The molecule has 2 aliphatic carbocycles. The lowest BCUT2D eigenvalue weighted by molar-refractivity contribution is -0.178.